The van der Waals surface area contributed by atoms with E-state index in [1.165, 1.54) is 24.3 Å². The van der Waals surface area contributed by atoms with E-state index in [9.17, 15) is 30.0 Å². The van der Waals surface area contributed by atoms with E-state index in [-0.39, 0.29) is 49.4 Å². The molecule has 8 heteroatoms. The van der Waals surface area contributed by atoms with Crippen LogP contribution in [-0.4, -0.2) is 71.0 Å². The van der Waals surface area contributed by atoms with Gasteiger partial charge in [-0.15, -0.1) is 0 Å². The topological polar surface area (TPSA) is 134 Å². The highest BCUT2D eigenvalue weighted by Gasteiger charge is 2.20. The normalized spacial score (nSPS) is 14.9. The van der Waals surface area contributed by atoms with Crippen molar-refractivity contribution >= 4 is 11.9 Å². The number of ether oxygens (including phenoxy) is 2. The number of aliphatic hydroxyl groups is 4. The molecule has 0 radical (unpaired) electrons. The highest BCUT2D eigenvalue weighted by atomic mass is 16.6. The number of benzene rings is 1. The smallest absolute Gasteiger partial charge is 0.338 e. The number of esters is 2. The average Bonchev–Trinajstić information content (AvgIpc) is 2.83. The summed E-state index contributed by atoms with van der Waals surface area (Å²) in [5, 5.41) is 37.5. The summed E-state index contributed by atoms with van der Waals surface area (Å²) in [4.78, 5) is 24.7. The molecule has 4 unspecified atom stereocenters. The van der Waals surface area contributed by atoms with Gasteiger partial charge >= 0.3 is 11.9 Å². The molecule has 8 nitrogen and oxygen atoms in total. The van der Waals surface area contributed by atoms with E-state index in [2.05, 4.69) is 0 Å². The molecule has 1 aromatic rings. The molecule has 0 aliphatic carbocycles. The molecule has 1 rings (SSSR count). The van der Waals surface area contributed by atoms with Gasteiger partial charge < -0.3 is 29.9 Å². The third kappa shape index (κ3) is 9.65. The lowest BCUT2D eigenvalue weighted by atomic mass is 9.99. The summed E-state index contributed by atoms with van der Waals surface area (Å²) in [6, 6.07) is 5.79. The molecule has 0 fully saturated rings. The van der Waals surface area contributed by atoms with Gasteiger partial charge in [0.05, 0.1) is 24.3 Å². The van der Waals surface area contributed by atoms with Crippen LogP contribution in [0.15, 0.2) is 24.3 Å². The number of hydrogen-bond acceptors (Lipinski definition) is 8. The Morgan fingerprint density at radius 3 is 1.25 bits per heavy atom. The van der Waals surface area contributed by atoms with Gasteiger partial charge in [0.25, 0.3) is 0 Å². The summed E-state index contributed by atoms with van der Waals surface area (Å²) in [7, 11) is 0. The maximum atomic E-state index is 12.4. The summed E-state index contributed by atoms with van der Waals surface area (Å²) < 4.78 is 10.7. The third-order valence-corrected chi connectivity index (χ3v) is 5.78. The monoisotopic (exact) mass is 454 g/mol. The largest absolute Gasteiger partial charge is 0.456 e. The fraction of sp³-hybridized carbons (Fsp3) is 0.667. The molecule has 32 heavy (non-hydrogen) atoms. The van der Waals surface area contributed by atoms with Crippen LogP contribution in [0.1, 0.15) is 73.1 Å². The standard InChI is InChI=1S/C24H38O8/c1-3-17(13-25)5-11-21(15-27)31-23(29)19-7-9-20(10-8-19)24(30)32-22(16-28)12-6-18(4-2)14-26/h7-10,17-18,21-22,25-28H,3-6,11-16H2,1-2H3. The van der Waals surface area contributed by atoms with Crippen molar-refractivity contribution < 1.29 is 39.5 Å². The van der Waals surface area contributed by atoms with Crippen LogP contribution >= 0.6 is 0 Å². The molecule has 0 amide bonds. The minimum atomic E-state index is -0.663. The van der Waals surface area contributed by atoms with Gasteiger partial charge in [0.1, 0.15) is 12.2 Å². The van der Waals surface area contributed by atoms with Crippen LogP contribution in [0, 0.1) is 11.8 Å². The van der Waals surface area contributed by atoms with Crippen LogP contribution in [0.3, 0.4) is 0 Å². The van der Waals surface area contributed by atoms with Gasteiger partial charge in [0.15, 0.2) is 0 Å². The van der Waals surface area contributed by atoms with E-state index in [0.29, 0.717) is 25.7 Å². The second-order valence-corrected chi connectivity index (χ2v) is 8.07. The number of carbonyl (C=O) groups excluding carboxylic acids is 2. The molecule has 4 N–H and O–H groups in total. The lowest BCUT2D eigenvalue weighted by Gasteiger charge is -2.19. The van der Waals surface area contributed by atoms with Gasteiger partial charge in [0.2, 0.25) is 0 Å². The van der Waals surface area contributed by atoms with E-state index in [0.717, 1.165) is 12.8 Å². The van der Waals surface area contributed by atoms with Gasteiger partial charge in [-0.05, 0) is 61.8 Å². The second kappa shape index (κ2) is 15.7. The van der Waals surface area contributed by atoms with Gasteiger partial charge in [-0.2, -0.15) is 0 Å². The summed E-state index contributed by atoms with van der Waals surface area (Å²) in [6.45, 7) is 3.42. The molecule has 1 aromatic carbocycles. The third-order valence-electron chi connectivity index (χ3n) is 5.78. The highest BCUT2D eigenvalue weighted by Crippen LogP contribution is 2.17. The Hall–Kier alpha value is -2.00. The van der Waals surface area contributed by atoms with Crippen molar-refractivity contribution in [1.82, 2.24) is 0 Å². The van der Waals surface area contributed by atoms with Crippen molar-refractivity contribution in [2.75, 3.05) is 26.4 Å². The lowest BCUT2D eigenvalue weighted by molar-refractivity contribution is 0.00767. The maximum Gasteiger partial charge on any atom is 0.338 e. The van der Waals surface area contributed by atoms with Gasteiger partial charge in [-0.25, -0.2) is 9.59 Å². The summed E-state index contributed by atoms with van der Waals surface area (Å²) in [6.07, 6.45) is 2.45. The van der Waals surface area contributed by atoms with Crippen molar-refractivity contribution in [3.63, 3.8) is 0 Å². The van der Waals surface area contributed by atoms with Crippen molar-refractivity contribution in [2.24, 2.45) is 11.8 Å². The number of aliphatic hydroxyl groups excluding tert-OH is 4. The van der Waals surface area contributed by atoms with Crippen LogP contribution in [0.5, 0.6) is 0 Å². The molecule has 0 spiro atoms. The van der Waals surface area contributed by atoms with E-state index in [1.54, 1.807) is 0 Å². The molecule has 0 aromatic heterocycles. The second-order valence-electron chi connectivity index (χ2n) is 8.07. The molecule has 0 aliphatic rings. The van der Waals surface area contributed by atoms with Crippen molar-refractivity contribution in [3.8, 4) is 0 Å². The number of rotatable bonds is 16. The Balaban J connectivity index is 2.62. The van der Waals surface area contributed by atoms with E-state index >= 15 is 0 Å². The minimum Gasteiger partial charge on any atom is -0.456 e. The molecule has 182 valence electrons. The molecule has 0 bridgehead atoms. The van der Waals surface area contributed by atoms with E-state index in [1.807, 2.05) is 13.8 Å². The number of hydrogen-bond donors (Lipinski definition) is 4. The van der Waals surface area contributed by atoms with Crippen LogP contribution in [-0.2, 0) is 9.47 Å². The zero-order valence-electron chi connectivity index (χ0n) is 19.1. The Morgan fingerprint density at radius 2 is 1.00 bits per heavy atom. The van der Waals surface area contributed by atoms with Crippen molar-refractivity contribution in [3.05, 3.63) is 35.4 Å². The van der Waals surface area contributed by atoms with Crippen molar-refractivity contribution in [2.45, 2.75) is 64.6 Å². The number of carbonyl (C=O) groups is 2. The first-order chi connectivity index (χ1) is 15.4. The first kappa shape index (κ1) is 28.0. The molecule has 0 aliphatic heterocycles. The minimum absolute atomic E-state index is 0.0535. The highest BCUT2D eigenvalue weighted by molar-refractivity contribution is 5.93. The molecule has 4 atom stereocenters. The zero-order valence-corrected chi connectivity index (χ0v) is 19.1. The quantitative estimate of drug-likeness (QED) is 0.280. The molecular weight excluding hydrogens is 416 g/mol. The van der Waals surface area contributed by atoms with Crippen LogP contribution in [0.2, 0.25) is 0 Å². The van der Waals surface area contributed by atoms with E-state index < -0.39 is 24.1 Å². The Labute approximate surface area is 190 Å². The Kier molecular flexibility index (Phi) is 13.8. The molecular formula is C24H38O8. The summed E-state index contributed by atoms with van der Waals surface area (Å²) in [5.74, 6) is -1.01. The predicted octanol–water partition coefficient (Wildman–Crippen LogP) is 2.32. The zero-order chi connectivity index (χ0) is 23.9. The van der Waals surface area contributed by atoms with Crippen LogP contribution in [0.4, 0.5) is 0 Å². The van der Waals surface area contributed by atoms with Gasteiger partial charge in [-0.3, -0.25) is 0 Å². The fourth-order valence-electron chi connectivity index (χ4n) is 3.25. The van der Waals surface area contributed by atoms with Crippen LogP contribution < -0.4 is 0 Å². The molecule has 0 saturated carbocycles. The fourth-order valence-corrected chi connectivity index (χ4v) is 3.25. The van der Waals surface area contributed by atoms with Crippen LogP contribution in [0.25, 0.3) is 0 Å². The summed E-state index contributed by atoms with van der Waals surface area (Å²) >= 11 is 0. The maximum absolute atomic E-state index is 12.4. The average molecular weight is 455 g/mol. The van der Waals surface area contributed by atoms with Gasteiger partial charge in [-0.1, -0.05) is 26.7 Å². The SMILES string of the molecule is CCC(CO)CCC(CO)OC(=O)c1ccc(C(=O)OC(CO)CCC(CC)CO)cc1. The Bertz CT molecular complexity index is 595. The predicted molar refractivity (Wildman–Crippen MR) is 119 cm³/mol. The van der Waals surface area contributed by atoms with Gasteiger partial charge in [0, 0.05) is 13.2 Å². The van der Waals surface area contributed by atoms with Crippen molar-refractivity contribution in [1.29, 1.82) is 0 Å². The lowest BCUT2D eigenvalue weighted by Crippen LogP contribution is -2.24. The molecule has 0 saturated heterocycles. The Morgan fingerprint density at radius 1 is 0.656 bits per heavy atom. The molecule has 0 heterocycles. The first-order valence-electron chi connectivity index (χ1n) is 11.4. The van der Waals surface area contributed by atoms with E-state index in [4.69, 9.17) is 9.47 Å². The summed E-state index contributed by atoms with van der Waals surface area (Å²) in [5.41, 5.74) is 0.475. The first-order valence-corrected chi connectivity index (χ1v) is 11.4.